The summed E-state index contributed by atoms with van der Waals surface area (Å²) in [6, 6.07) is 4.95. The third-order valence-corrected chi connectivity index (χ3v) is 10.0. The maximum atomic E-state index is 13.6. The van der Waals surface area contributed by atoms with Crippen molar-refractivity contribution in [2.75, 3.05) is 7.11 Å². The van der Waals surface area contributed by atoms with E-state index in [2.05, 4.69) is 10.1 Å². The molecule has 8 nitrogen and oxygen atoms in total. The van der Waals surface area contributed by atoms with Gasteiger partial charge in [0.25, 0.3) is 0 Å². The fourth-order valence-electron chi connectivity index (χ4n) is 4.00. The lowest BCUT2D eigenvalue weighted by Crippen LogP contribution is -2.44. The molecule has 2 aromatic heterocycles. The minimum atomic E-state index is -3.89. The van der Waals surface area contributed by atoms with Crippen LogP contribution in [0.3, 0.4) is 0 Å². The Morgan fingerprint density at radius 3 is 2.35 bits per heavy atom. The van der Waals surface area contributed by atoms with Crippen molar-refractivity contribution in [3.63, 3.8) is 0 Å². The van der Waals surface area contributed by atoms with Crippen LogP contribution in [0.4, 0.5) is 0 Å². The largest absolute Gasteiger partial charge is 0.495 e. The van der Waals surface area contributed by atoms with Crippen molar-refractivity contribution >= 4 is 26.1 Å². The number of hydrogen-bond donors (Lipinski definition) is 2. The zero-order valence-corrected chi connectivity index (χ0v) is 20.1. The Bertz CT molecular complexity index is 1270. The molecule has 0 aliphatic heterocycles. The molecule has 0 atom stereocenters. The van der Waals surface area contributed by atoms with Crippen LogP contribution < -0.4 is 4.74 Å². The van der Waals surface area contributed by atoms with Crippen molar-refractivity contribution in [2.45, 2.75) is 68.3 Å². The van der Waals surface area contributed by atoms with Gasteiger partial charge in [0.15, 0.2) is 9.84 Å². The molecule has 1 aromatic carbocycles. The summed E-state index contributed by atoms with van der Waals surface area (Å²) in [5, 5.41) is 26.0. The summed E-state index contributed by atoms with van der Waals surface area (Å²) in [5.74, 6) is 0.230. The van der Waals surface area contributed by atoms with E-state index in [0.29, 0.717) is 39.8 Å². The first-order chi connectivity index (χ1) is 14.2. The van der Waals surface area contributed by atoms with Crippen LogP contribution in [-0.2, 0) is 15.4 Å². The van der Waals surface area contributed by atoms with Crippen molar-refractivity contribution < 1.29 is 23.4 Å². The topological polar surface area (TPSA) is 114 Å². The number of aliphatic hydroxyl groups is 2. The maximum Gasteiger partial charge on any atom is 0.213 e. The van der Waals surface area contributed by atoms with Gasteiger partial charge in [-0.05, 0) is 65.7 Å². The quantitative estimate of drug-likeness (QED) is 0.575. The first-order valence-corrected chi connectivity index (χ1v) is 12.3. The second kappa shape index (κ2) is 6.74. The van der Waals surface area contributed by atoms with Gasteiger partial charge < -0.3 is 14.9 Å². The van der Waals surface area contributed by atoms with E-state index in [4.69, 9.17) is 4.74 Å². The number of aromatic nitrogens is 3. The van der Waals surface area contributed by atoms with Crippen LogP contribution in [0.5, 0.6) is 5.75 Å². The van der Waals surface area contributed by atoms with E-state index in [1.165, 1.54) is 32.3 Å². The summed E-state index contributed by atoms with van der Waals surface area (Å²) < 4.78 is 33.1. The van der Waals surface area contributed by atoms with Crippen LogP contribution in [0, 0.1) is 6.92 Å². The molecule has 0 unspecified atom stereocenters. The van der Waals surface area contributed by atoms with E-state index >= 15 is 0 Å². The van der Waals surface area contributed by atoms with Crippen LogP contribution in [-0.4, -0.2) is 50.7 Å². The van der Waals surface area contributed by atoms with Crippen molar-refractivity contribution in [3.05, 3.63) is 28.9 Å². The van der Waals surface area contributed by atoms with Gasteiger partial charge in [-0.15, -0.1) is 0 Å². The van der Waals surface area contributed by atoms with Gasteiger partial charge in [0, 0.05) is 5.56 Å². The first kappa shape index (κ1) is 22.2. The maximum absolute atomic E-state index is 13.6. The molecule has 1 saturated carbocycles. The lowest BCUT2D eigenvalue weighted by atomic mass is 10.0. The van der Waals surface area contributed by atoms with Gasteiger partial charge in [0.2, 0.25) is 4.96 Å². The Balaban J connectivity index is 1.92. The molecule has 31 heavy (non-hydrogen) atoms. The second-order valence-electron chi connectivity index (χ2n) is 9.13. The van der Waals surface area contributed by atoms with E-state index < -0.39 is 25.8 Å². The highest BCUT2D eigenvalue weighted by Gasteiger charge is 2.64. The molecule has 0 bridgehead atoms. The molecule has 168 valence electrons. The highest BCUT2D eigenvalue weighted by atomic mass is 32.2. The highest BCUT2D eigenvalue weighted by molar-refractivity contribution is 7.93. The zero-order valence-electron chi connectivity index (χ0n) is 18.4. The third-order valence-electron chi connectivity index (χ3n) is 5.96. The normalized spacial score (nSPS) is 16.6. The number of methoxy groups -OCH3 is 1. The van der Waals surface area contributed by atoms with Crippen LogP contribution in [0.2, 0.25) is 0 Å². The van der Waals surface area contributed by atoms with E-state index in [0.717, 1.165) is 0 Å². The molecule has 1 aliphatic rings. The molecule has 0 spiro atoms. The fourth-order valence-corrected chi connectivity index (χ4v) is 7.36. The average Bonchev–Trinajstić information content (AvgIpc) is 3.31. The predicted molar refractivity (Wildman–Crippen MR) is 118 cm³/mol. The molecule has 0 saturated heterocycles. The minimum Gasteiger partial charge on any atom is -0.495 e. The summed E-state index contributed by atoms with van der Waals surface area (Å²) in [6.45, 7) is 8.21. The highest BCUT2D eigenvalue weighted by Crippen LogP contribution is 2.55. The Hall–Kier alpha value is -2.01. The summed E-state index contributed by atoms with van der Waals surface area (Å²) in [4.78, 5) is 5.20. The molecule has 0 amide bonds. The second-order valence-corrected chi connectivity index (χ2v) is 12.3. The molecule has 4 rings (SSSR count). The lowest BCUT2D eigenvalue weighted by molar-refractivity contribution is 0.0667. The van der Waals surface area contributed by atoms with Gasteiger partial charge in [-0.2, -0.15) is 5.10 Å². The number of fused-ring (bicyclic) bond motifs is 1. The Morgan fingerprint density at radius 2 is 1.84 bits per heavy atom. The number of hydrogen-bond acceptors (Lipinski definition) is 8. The first-order valence-electron chi connectivity index (χ1n) is 9.97. The molecule has 2 N–H and O–H groups in total. The predicted octanol–water partition coefficient (Wildman–Crippen LogP) is 3.08. The summed E-state index contributed by atoms with van der Waals surface area (Å²) in [7, 11) is -2.46. The zero-order chi connectivity index (χ0) is 23.0. The van der Waals surface area contributed by atoms with Gasteiger partial charge >= 0.3 is 0 Å². The van der Waals surface area contributed by atoms with Gasteiger partial charge in [-0.1, -0.05) is 11.3 Å². The van der Waals surface area contributed by atoms with Crippen LogP contribution in [0.15, 0.2) is 23.1 Å². The smallest absolute Gasteiger partial charge is 0.213 e. The van der Waals surface area contributed by atoms with Gasteiger partial charge in [-0.25, -0.2) is 17.9 Å². The number of ether oxygens (including phenoxy) is 1. The van der Waals surface area contributed by atoms with Crippen molar-refractivity contribution in [1.29, 1.82) is 0 Å². The summed E-state index contributed by atoms with van der Waals surface area (Å²) in [5.41, 5.74) is -0.546. The van der Waals surface area contributed by atoms with E-state index in [1.54, 1.807) is 36.6 Å². The number of nitrogens with zero attached hydrogens (tertiary/aromatic N) is 3. The van der Waals surface area contributed by atoms with Crippen molar-refractivity contribution in [3.8, 4) is 17.0 Å². The molecular formula is C21H27N3O5S2. The van der Waals surface area contributed by atoms with Crippen LogP contribution in [0.1, 0.15) is 51.2 Å². The van der Waals surface area contributed by atoms with E-state index in [1.807, 2.05) is 6.92 Å². The van der Waals surface area contributed by atoms with Gasteiger partial charge in [0.1, 0.15) is 26.0 Å². The monoisotopic (exact) mass is 465 g/mol. The third kappa shape index (κ3) is 3.27. The number of benzene rings is 1. The number of imidazole rings is 1. The molecule has 0 radical (unpaired) electrons. The summed E-state index contributed by atoms with van der Waals surface area (Å²) in [6.07, 6.45) is 0.784. The molecular weight excluding hydrogens is 438 g/mol. The average molecular weight is 466 g/mol. The molecule has 1 aliphatic carbocycles. The molecule has 10 heteroatoms. The number of rotatable bonds is 6. The fraction of sp³-hybridized carbons (Fsp3) is 0.524. The molecule has 3 aromatic rings. The van der Waals surface area contributed by atoms with Crippen LogP contribution >= 0.6 is 11.3 Å². The summed E-state index contributed by atoms with van der Waals surface area (Å²) >= 11 is 1.28. The minimum absolute atomic E-state index is 0.0411. The van der Waals surface area contributed by atoms with Crippen molar-refractivity contribution in [2.24, 2.45) is 0 Å². The Morgan fingerprint density at radius 1 is 1.19 bits per heavy atom. The van der Waals surface area contributed by atoms with Gasteiger partial charge in [0.05, 0.1) is 24.1 Å². The lowest BCUT2D eigenvalue weighted by Gasteiger charge is -2.29. The van der Waals surface area contributed by atoms with Gasteiger partial charge in [-0.3, -0.25) is 0 Å². The van der Waals surface area contributed by atoms with E-state index in [-0.39, 0.29) is 10.6 Å². The molecule has 1 fully saturated rings. The number of sulfone groups is 1. The SMILES string of the molecule is COc1ccc(-c2c(C)nc3sc(C(C)(C)O)nn23)cc1S(=O)(=O)C1(C(C)(C)O)CC1. The Labute approximate surface area is 185 Å². The van der Waals surface area contributed by atoms with E-state index in [9.17, 15) is 18.6 Å². The standard InChI is InChI=1S/C21H27N3O5S2/c1-12-16(24-18(22-12)30-17(23-24)19(2,3)25)13-7-8-14(29-6)15(11-13)31(27,28)21(9-10-21)20(4,5)26/h7-8,11,25-26H,9-10H2,1-6H3. The van der Waals surface area contributed by atoms with Crippen molar-refractivity contribution in [1.82, 2.24) is 14.6 Å². The Kier molecular flexibility index (Phi) is 4.83. The number of aryl methyl sites for hydroxylation is 1. The molecule has 2 heterocycles. The van der Waals surface area contributed by atoms with Crippen LogP contribution in [0.25, 0.3) is 16.2 Å².